The predicted molar refractivity (Wildman–Crippen MR) is 68.4 cm³/mol. The van der Waals surface area contributed by atoms with Crippen LogP contribution in [0.4, 0.5) is 0 Å². The van der Waals surface area contributed by atoms with E-state index in [2.05, 4.69) is 44.4 Å². The zero-order valence-electron chi connectivity index (χ0n) is 11.2. The molecule has 1 N–H and O–H groups in total. The third kappa shape index (κ3) is 3.34. The molecule has 0 radical (unpaired) electrons. The Morgan fingerprint density at radius 3 is 2.62 bits per heavy atom. The second-order valence-corrected chi connectivity index (χ2v) is 5.24. The van der Waals surface area contributed by atoms with E-state index in [0.717, 1.165) is 6.42 Å². The molecule has 0 saturated heterocycles. The van der Waals surface area contributed by atoms with Gasteiger partial charge in [-0.25, -0.2) is 0 Å². The van der Waals surface area contributed by atoms with Crippen LogP contribution in [0.5, 0.6) is 0 Å². The lowest BCUT2D eigenvalue weighted by Crippen LogP contribution is -2.39. The molecule has 0 saturated carbocycles. The molecular formula is C13H25N3. The summed E-state index contributed by atoms with van der Waals surface area (Å²) in [5, 5.41) is 7.64. The van der Waals surface area contributed by atoms with Gasteiger partial charge in [-0.1, -0.05) is 20.8 Å². The van der Waals surface area contributed by atoms with E-state index in [1.807, 2.05) is 17.9 Å². The van der Waals surface area contributed by atoms with E-state index in [1.165, 1.54) is 18.4 Å². The molecule has 92 valence electrons. The molecule has 1 aromatic heterocycles. The lowest BCUT2D eigenvalue weighted by Gasteiger charge is -2.33. The highest BCUT2D eigenvalue weighted by Crippen LogP contribution is 2.27. The van der Waals surface area contributed by atoms with Gasteiger partial charge in [-0.05, 0) is 37.3 Å². The standard InChI is InChI=1S/C13H25N3/c1-6-13(2,3)12(14-4)8-7-11-9-15-16(5)10-11/h9-10,12,14H,6-8H2,1-5H3. The van der Waals surface area contributed by atoms with Gasteiger partial charge in [-0.3, -0.25) is 4.68 Å². The van der Waals surface area contributed by atoms with Gasteiger partial charge in [0, 0.05) is 19.3 Å². The van der Waals surface area contributed by atoms with Crippen molar-refractivity contribution >= 4 is 0 Å². The van der Waals surface area contributed by atoms with Crippen molar-refractivity contribution in [1.29, 1.82) is 0 Å². The monoisotopic (exact) mass is 223 g/mol. The van der Waals surface area contributed by atoms with E-state index in [1.54, 1.807) is 0 Å². The minimum absolute atomic E-state index is 0.358. The third-order valence-electron chi connectivity index (χ3n) is 3.68. The first-order chi connectivity index (χ1) is 7.49. The summed E-state index contributed by atoms with van der Waals surface area (Å²) in [6.07, 6.45) is 7.54. The maximum Gasteiger partial charge on any atom is 0.0521 e. The van der Waals surface area contributed by atoms with Gasteiger partial charge in [0.25, 0.3) is 0 Å². The fourth-order valence-corrected chi connectivity index (χ4v) is 2.08. The van der Waals surface area contributed by atoms with Crippen molar-refractivity contribution in [2.75, 3.05) is 7.05 Å². The zero-order chi connectivity index (χ0) is 12.2. The van der Waals surface area contributed by atoms with Gasteiger partial charge in [0.1, 0.15) is 0 Å². The molecule has 16 heavy (non-hydrogen) atoms. The van der Waals surface area contributed by atoms with Crippen LogP contribution in [-0.4, -0.2) is 22.9 Å². The molecule has 0 amide bonds. The number of aromatic nitrogens is 2. The number of nitrogens with zero attached hydrogens (tertiary/aromatic N) is 2. The first-order valence-corrected chi connectivity index (χ1v) is 6.14. The Hall–Kier alpha value is -0.830. The Morgan fingerprint density at radius 1 is 1.50 bits per heavy atom. The molecule has 1 rings (SSSR count). The summed E-state index contributed by atoms with van der Waals surface area (Å²) in [7, 11) is 4.03. The van der Waals surface area contributed by atoms with Gasteiger partial charge in [0.15, 0.2) is 0 Å². The van der Waals surface area contributed by atoms with Crippen LogP contribution in [-0.2, 0) is 13.5 Å². The van der Waals surface area contributed by atoms with E-state index in [0.29, 0.717) is 11.5 Å². The molecule has 1 atom stereocenters. The molecule has 0 aliphatic heterocycles. The quantitative estimate of drug-likeness (QED) is 0.802. The minimum atomic E-state index is 0.358. The number of aryl methyl sites for hydroxylation is 2. The van der Waals surface area contributed by atoms with Crippen molar-refractivity contribution < 1.29 is 0 Å². The van der Waals surface area contributed by atoms with Crippen molar-refractivity contribution in [3.05, 3.63) is 18.0 Å². The summed E-state index contributed by atoms with van der Waals surface area (Å²) in [5.74, 6) is 0. The molecule has 0 aliphatic carbocycles. The first kappa shape index (κ1) is 13.2. The van der Waals surface area contributed by atoms with E-state index in [4.69, 9.17) is 0 Å². The minimum Gasteiger partial charge on any atom is -0.316 e. The van der Waals surface area contributed by atoms with E-state index in [-0.39, 0.29) is 0 Å². The van der Waals surface area contributed by atoms with Gasteiger partial charge in [0.05, 0.1) is 6.20 Å². The molecule has 3 heteroatoms. The SMILES string of the molecule is CCC(C)(C)C(CCc1cnn(C)c1)NC. The summed E-state index contributed by atoms with van der Waals surface area (Å²) < 4.78 is 1.87. The van der Waals surface area contributed by atoms with Crippen LogP contribution in [0.1, 0.15) is 39.2 Å². The fourth-order valence-electron chi connectivity index (χ4n) is 2.08. The largest absolute Gasteiger partial charge is 0.316 e. The van der Waals surface area contributed by atoms with Crippen molar-refractivity contribution in [2.24, 2.45) is 12.5 Å². The molecule has 0 aromatic carbocycles. The number of hydrogen-bond acceptors (Lipinski definition) is 2. The maximum absolute atomic E-state index is 4.20. The molecule has 0 aliphatic rings. The van der Waals surface area contributed by atoms with Crippen molar-refractivity contribution in [3.63, 3.8) is 0 Å². The smallest absolute Gasteiger partial charge is 0.0521 e. The van der Waals surface area contributed by atoms with Gasteiger partial charge >= 0.3 is 0 Å². The zero-order valence-corrected chi connectivity index (χ0v) is 11.2. The van der Waals surface area contributed by atoms with E-state index >= 15 is 0 Å². The van der Waals surface area contributed by atoms with Gasteiger partial charge < -0.3 is 5.32 Å². The number of rotatable bonds is 6. The molecule has 0 spiro atoms. The molecule has 1 unspecified atom stereocenters. The van der Waals surface area contributed by atoms with Crippen molar-refractivity contribution in [1.82, 2.24) is 15.1 Å². The highest BCUT2D eigenvalue weighted by atomic mass is 15.2. The Morgan fingerprint density at radius 2 is 2.19 bits per heavy atom. The van der Waals surface area contributed by atoms with Crippen LogP contribution in [0, 0.1) is 5.41 Å². The Kier molecular flexibility index (Phi) is 4.54. The van der Waals surface area contributed by atoms with E-state index < -0.39 is 0 Å². The number of hydrogen-bond donors (Lipinski definition) is 1. The topological polar surface area (TPSA) is 29.9 Å². The molecular weight excluding hydrogens is 198 g/mol. The Bertz CT molecular complexity index is 315. The van der Waals surface area contributed by atoms with Gasteiger partial charge in [-0.15, -0.1) is 0 Å². The molecule has 0 bridgehead atoms. The molecule has 1 aromatic rings. The fraction of sp³-hybridized carbons (Fsp3) is 0.769. The van der Waals surface area contributed by atoms with Crippen LogP contribution in [0.15, 0.2) is 12.4 Å². The van der Waals surface area contributed by atoms with Crippen molar-refractivity contribution in [2.45, 2.75) is 46.1 Å². The van der Waals surface area contributed by atoms with E-state index in [9.17, 15) is 0 Å². The average molecular weight is 223 g/mol. The second kappa shape index (κ2) is 5.48. The summed E-state index contributed by atoms with van der Waals surface area (Å²) in [6, 6.07) is 0.567. The highest BCUT2D eigenvalue weighted by Gasteiger charge is 2.25. The van der Waals surface area contributed by atoms with Crippen LogP contribution in [0.3, 0.4) is 0 Å². The van der Waals surface area contributed by atoms with Gasteiger partial charge in [0.2, 0.25) is 0 Å². The highest BCUT2D eigenvalue weighted by molar-refractivity contribution is 5.04. The summed E-state index contributed by atoms with van der Waals surface area (Å²) >= 11 is 0. The summed E-state index contributed by atoms with van der Waals surface area (Å²) in [5.41, 5.74) is 1.69. The molecule has 3 nitrogen and oxygen atoms in total. The molecule has 0 fully saturated rings. The summed E-state index contributed by atoms with van der Waals surface area (Å²) in [4.78, 5) is 0. The third-order valence-corrected chi connectivity index (χ3v) is 3.68. The number of nitrogens with one attached hydrogen (secondary N) is 1. The summed E-state index contributed by atoms with van der Waals surface area (Å²) in [6.45, 7) is 6.92. The lowest BCUT2D eigenvalue weighted by atomic mass is 9.79. The Labute approximate surface area is 99.2 Å². The Balaban J connectivity index is 2.52. The first-order valence-electron chi connectivity index (χ1n) is 6.14. The van der Waals surface area contributed by atoms with Gasteiger partial charge in [-0.2, -0.15) is 5.10 Å². The molecule has 1 heterocycles. The van der Waals surface area contributed by atoms with Crippen LogP contribution in [0.25, 0.3) is 0 Å². The second-order valence-electron chi connectivity index (χ2n) is 5.24. The average Bonchev–Trinajstić information content (AvgIpc) is 2.65. The van der Waals surface area contributed by atoms with Crippen LogP contribution in [0.2, 0.25) is 0 Å². The van der Waals surface area contributed by atoms with Crippen LogP contribution >= 0.6 is 0 Å². The van der Waals surface area contributed by atoms with Crippen LogP contribution < -0.4 is 5.32 Å². The normalized spacial score (nSPS) is 14.1. The van der Waals surface area contributed by atoms with Crippen molar-refractivity contribution in [3.8, 4) is 0 Å². The maximum atomic E-state index is 4.20. The predicted octanol–water partition coefficient (Wildman–Crippen LogP) is 2.38. The lowest BCUT2D eigenvalue weighted by molar-refractivity contribution is 0.231.